The van der Waals surface area contributed by atoms with Crippen molar-refractivity contribution in [3.63, 3.8) is 0 Å². The molecule has 1 rings (SSSR count). The van der Waals surface area contributed by atoms with Crippen LogP contribution in [0, 0.1) is 19.3 Å². The number of hydrogen-bond acceptors (Lipinski definition) is 0. The van der Waals surface area contributed by atoms with Crippen LogP contribution >= 0.6 is 0 Å². The maximum atomic E-state index is 2.35. The maximum Gasteiger partial charge on any atom is 0.140 e. The molecule has 0 atom stereocenters. The van der Waals surface area contributed by atoms with Gasteiger partial charge in [-0.2, -0.15) is 0 Å². The van der Waals surface area contributed by atoms with Crippen molar-refractivity contribution in [2.75, 3.05) is 0 Å². The van der Waals surface area contributed by atoms with Crippen molar-refractivity contribution < 1.29 is 0 Å². The van der Waals surface area contributed by atoms with Gasteiger partial charge in [0.15, 0.2) is 0 Å². The summed E-state index contributed by atoms with van der Waals surface area (Å²) >= 11 is 0. The molecule has 0 aromatic heterocycles. The Morgan fingerprint density at radius 3 is 1.83 bits per heavy atom. The summed E-state index contributed by atoms with van der Waals surface area (Å²) in [6, 6.07) is 2.35. The summed E-state index contributed by atoms with van der Waals surface area (Å²) in [6.45, 7) is 18.5. The predicted molar refractivity (Wildman–Crippen MR) is 86.0 cm³/mol. The number of benzene rings is 1. The average molecular weight is 244 g/mol. The lowest BCUT2D eigenvalue weighted by molar-refractivity contribution is 0.405. The number of aryl methyl sites for hydroxylation is 2. The number of hydrogen-bond donors (Lipinski definition) is 0. The predicted octanol–water partition coefficient (Wildman–Crippen LogP) is 3.45. The SMILES string of the molecule is Bc1c(C)cc(C)c(CC(C)(C)C)c1C(C)(C)C. The summed E-state index contributed by atoms with van der Waals surface area (Å²) < 4.78 is 0. The molecule has 100 valence electrons. The van der Waals surface area contributed by atoms with Gasteiger partial charge in [0.2, 0.25) is 0 Å². The second-order valence-electron chi connectivity index (χ2n) is 7.98. The molecule has 0 saturated carbocycles. The summed E-state index contributed by atoms with van der Waals surface area (Å²) in [6.07, 6.45) is 1.16. The normalized spacial score (nSPS) is 12.9. The summed E-state index contributed by atoms with van der Waals surface area (Å²) in [5.41, 5.74) is 8.06. The van der Waals surface area contributed by atoms with E-state index in [-0.39, 0.29) is 5.41 Å². The fourth-order valence-electron chi connectivity index (χ4n) is 2.91. The van der Waals surface area contributed by atoms with Gasteiger partial charge in [0.25, 0.3) is 0 Å². The fourth-order valence-corrected chi connectivity index (χ4v) is 2.91. The first kappa shape index (κ1) is 15.3. The Balaban J connectivity index is 3.54. The molecule has 0 aliphatic rings. The van der Waals surface area contributed by atoms with E-state index >= 15 is 0 Å². The second-order valence-corrected chi connectivity index (χ2v) is 7.98. The van der Waals surface area contributed by atoms with Gasteiger partial charge in [-0.1, -0.05) is 58.6 Å². The van der Waals surface area contributed by atoms with E-state index in [2.05, 4.69) is 69.3 Å². The lowest BCUT2D eigenvalue weighted by atomic mass is 9.69. The van der Waals surface area contributed by atoms with Crippen LogP contribution in [-0.2, 0) is 11.8 Å². The quantitative estimate of drug-likeness (QED) is 0.664. The van der Waals surface area contributed by atoms with Crippen LogP contribution in [0.5, 0.6) is 0 Å². The van der Waals surface area contributed by atoms with E-state index in [0.29, 0.717) is 5.41 Å². The monoisotopic (exact) mass is 244 g/mol. The van der Waals surface area contributed by atoms with Gasteiger partial charge in [-0.05, 0) is 47.8 Å². The van der Waals surface area contributed by atoms with Crippen LogP contribution in [0.3, 0.4) is 0 Å². The van der Waals surface area contributed by atoms with Crippen molar-refractivity contribution in [1.29, 1.82) is 0 Å². The van der Waals surface area contributed by atoms with Gasteiger partial charge in [0.05, 0.1) is 0 Å². The number of rotatable bonds is 1. The first-order valence-corrected chi connectivity index (χ1v) is 7.03. The molecule has 0 N–H and O–H groups in total. The highest BCUT2D eigenvalue weighted by Crippen LogP contribution is 2.32. The van der Waals surface area contributed by atoms with Gasteiger partial charge in [-0.15, -0.1) is 0 Å². The standard InChI is InChI=1S/C17H29B/c1-11-9-12(2)15(18)14(17(6,7)8)13(11)10-16(3,4)5/h9H,10,18H2,1-8H3. The Kier molecular flexibility index (Phi) is 4.05. The third kappa shape index (κ3) is 3.40. The first-order valence-electron chi connectivity index (χ1n) is 7.03. The van der Waals surface area contributed by atoms with E-state index < -0.39 is 0 Å². The molecular formula is C17H29B. The van der Waals surface area contributed by atoms with Gasteiger partial charge in [-0.25, -0.2) is 0 Å². The van der Waals surface area contributed by atoms with E-state index in [1.54, 1.807) is 11.1 Å². The third-order valence-electron chi connectivity index (χ3n) is 3.63. The molecule has 0 spiro atoms. The molecule has 18 heavy (non-hydrogen) atoms. The topological polar surface area (TPSA) is 0 Å². The van der Waals surface area contributed by atoms with Gasteiger partial charge >= 0.3 is 0 Å². The fraction of sp³-hybridized carbons (Fsp3) is 0.647. The van der Waals surface area contributed by atoms with Gasteiger partial charge < -0.3 is 0 Å². The molecule has 0 saturated heterocycles. The molecule has 1 aromatic rings. The summed E-state index contributed by atoms with van der Waals surface area (Å²) in [5, 5.41) is 0. The minimum Gasteiger partial charge on any atom is -0.0821 e. The molecule has 0 radical (unpaired) electrons. The van der Waals surface area contributed by atoms with Crippen LogP contribution in [0.25, 0.3) is 0 Å². The molecule has 0 aliphatic carbocycles. The molecule has 0 nitrogen and oxygen atoms in total. The summed E-state index contributed by atoms with van der Waals surface area (Å²) in [4.78, 5) is 0. The van der Waals surface area contributed by atoms with Crippen LogP contribution < -0.4 is 5.46 Å². The van der Waals surface area contributed by atoms with E-state index in [1.807, 2.05) is 0 Å². The third-order valence-corrected chi connectivity index (χ3v) is 3.63. The zero-order chi connectivity index (χ0) is 14.3. The van der Waals surface area contributed by atoms with Crippen molar-refractivity contribution in [1.82, 2.24) is 0 Å². The van der Waals surface area contributed by atoms with Crippen LogP contribution in [0.2, 0.25) is 0 Å². The Morgan fingerprint density at radius 2 is 1.44 bits per heavy atom. The Hall–Kier alpha value is -0.715. The Morgan fingerprint density at radius 1 is 0.944 bits per heavy atom. The van der Waals surface area contributed by atoms with E-state index in [4.69, 9.17) is 0 Å². The molecule has 0 aliphatic heterocycles. The van der Waals surface area contributed by atoms with Crippen LogP contribution in [0.4, 0.5) is 0 Å². The van der Waals surface area contributed by atoms with E-state index in [9.17, 15) is 0 Å². The lowest BCUT2D eigenvalue weighted by Gasteiger charge is -2.31. The van der Waals surface area contributed by atoms with Gasteiger partial charge in [0.1, 0.15) is 7.85 Å². The highest BCUT2D eigenvalue weighted by atomic mass is 14.3. The van der Waals surface area contributed by atoms with Crippen LogP contribution in [-0.4, -0.2) is 7.85 Å². The highest BCUT2D eigenvalue weighted by Gasteiger charge is 2.25. The second kappa shape index (κ2) is 4.76. The van der Waals surface area contributed by atoms with Crippen molar-refractivity contribution in [2.45, 2.75) is 67.2 Å². The minimum absolute atomic E-state index is 0.224. The molecular weight excluding hydrogens is 215 g/mol. The average Bonchev–Trinajstić information content (AvgIpc) is 2.09. The largest absolute Gasteiger partial charge is 0.140 e. The molecule has 0 fully saturated rings. The Bertz CT molecular complexity index is 442. The Labute approximate surface area is 115 Å². The smallest absolute Gasteiger partial charge is 0.0821 e. The van der Waals surface area contributed by atoms with Crippen molar-refractivity contribution >= 4 is 13.3 Å². The summed E-state index contributed by atoms with van der Waals surface area (Å²) in [7, 11) is 2.28. The molecule has 0 unspecified atom stereocenters. The molecule has 0 amide bonds. The molecule has 1 heteroatoms. The summed E-state index contributed by atoms with van der Waals surface area (Å²) in [5.74, 6) is 0. The highest BCUT2D eigenvalue weighted by molar-refractivity contribution is 6.34. The van der Waals surface area contributed by atoms with Crippen LogP contribution in [0.15, 0.2) is 6.07 Å². The first-order chi connectivity index (χ1) is 7.93. The van der Waals surface area contributed by atoms with Crippen molar-refractivity contribution in [3.8, 4) is 0 Å². The zero-order valence-electron chi connectivity index (χ0n) is 13.8. The molecule has 0 heterocycles. The maximum absolute atomic E-state index is 2.35. The minimum atomic E-state index is 0.224. The van der Waals surface area contributed by atoms with Gasteiger partial charge in [0, 0.05) is 0 Å². The lowest BCUT2D eigenvalue weighted by Crippen LogP contribution is -2.29. The van der Waals surface area contributed by atoms with E-state index in [0.717, 1.165) is 6.42 Å². The van der Waals surface area contributed by atoms with Crippen molar-refractivity contribution in [2.24, 2.45) is 5.41 Å². The van der Waals surface area contributed by atoms with Crippen molar-refractivity contribution in [3.05, 3.63) is 28.3 Å². The zero-order valence-corrected chi connectivity index (χ0v) is 13.8. The molecule has 1 aromatic carbocycles. The van der Waals surface area contributed by atoms with Crippen LogP contribution in [0.1, 0.15) is 63.8 Å². The van der Waals surface area contributed by atoms with E-state index in [1.165, 1.54) is 16.6 Å². The van der Waals surface area contributed by atoms with Gasteiger partial charge in [-0.3, -0.25) is 0 Å². The molecule has 0 bridgehead atoms.